The molecule has 0 atom stereocenters. The first kappa shape index (κ1) is 13.7. The maximum atomic E-state index is 14.0. The van der Waals surface area contributed by atoms with Crippen LogP contribution >= 0.6 is 34.2 Å². The Labute approximate surface area is 131 Å². The van der Waals surface area contributed by atoms with E-state index >= 15 is 0 Å². The highest BCUT2D eigenvalue weighted by Crippen LogP contribution is 2.29. The number of halogens is 4. The van der Waals surface area contributed by atoms with Gasteiger partial charge in [0.1, 0.15) is 5.15 Å². The Bertz CT molecular complexity index is 832. The number of hydrogen-bond donors (Lipinski definition) is 0. The Morgan fingerprint density at radius 2 is 2.05 bits per heavy atom. The smallest absolute Gasteiger partial charge is 0.170 e. The fraction of sp³-hybridized carbons (Fsp3) is 0.0769. The van der Waals surface area contributed by atoms with Crippen LogP contribution in [0.3, 0.4) is 0 Å². The summed E-state index contributed by atoms with van der Waals surface area (Å²) in [6, 6.07) is 5.45. The second kappa shape index (κ2) is 4.92. The zero-order valence-electron chi connectivity index (χ0n) is 10.2. The summed E-state index contributed by atoms with van der Waals surface area (Å²) in [6.45, 7) is 1.82. The van der Waals surface area contributed by atoms with E-state index in [2.05, 4.69) is 32.7 Å². The Kier molecular flexibility index (Phi) is 3.37. The van der Waals surface area contributed by atoms with Gasteiger partial charge in [-0.1, -0.05) is 17.7 Å². The molecule has 0 fully saturated rings. The average molecular weight is 406 g/mol. The first-order valence-electron chi connectivity index (χ1n) is 5.65. The summed E-state index contributed by atoms with van der Waals surface area (Å²) in [5, 5.41) is 4.50. The highest BCUT2D eigenvalue weighted by molar-refractivity contribution is 14.1. The van der Waals surface area contributed by atoms with Crippen LogP contribution in [0, 0.1) is 22.1 Å². The molecule has 0 amide bonds. The Hall–Kier alpha value is -1.28. The van der Waals surface area contributed by atoms with Crippen molar-refractivity contribution in [2.45, 2.75) is 6.92 Å². The maximum absolute atomic E-state index is 14.0. The number of fused-ring (bicyclic) bond motifs is 1. The van der Waals surface area contributed by atoms with E-state index < -0.39 is 11.6 Å². The van der Waals surface area contributed by atoms with E-state index in [1.54, 1.807) is 0 Å². The van der Waals surface area contributed by atoms with Crippen LogP contribution in [0.15, 0.2) is 24.3 Å². The minimum atomic E-state index is -0.931. The first-order valence-corrected chi connectivity index (χ1v) is 7.10. The summed E-state index contributed by atoms with van der Waals surface area (Å²) in [5.41, 5.74) is 1.73. The van der Waals surface area contributed by atoms with Crippen LogP contribution in [0.25, 0.3) is 16.9 Å². The molecule has 102 valence electrons. The third-order valence-electron chi connectivity index (χ3n) is 2.89. The van der Waals surface area contributed by atoms with E-state index in [-0.39, 0.29) is 10.7 Å². The van der Waals surface area contributed by atoms with Gasteiger partial charge >= 0.3 is 0 Å². The van der Waals surface area contributed by atoms with Crippen LogP contribution < -0.4 is 0 Å². The molecule has 20 heavy (non-hydrogen) atoms. The van der Waals surface area contributed by atoms with Crippen molar-refractivity contribution < 1.29 is 8.78 Å². The Morgan fingerprint density at radius 3 is 2.80 bits per heavy atom. The molecule has 3 aromatic rings. The predicted octanol–water partition coefficient (Wildman–Crippen LogP) is 4.24. The lowest BCUT2D eigenvalue weighted by molar-refractivity contribution is 0.510. The lowest BCUT2D eigenvalue weighted by Gasteiger charge is -2.07. The monoisotopic (exact) mass is 405 g/mol. The van der Waals surface area contributed by atoms with Gasteiger partial charge in [-0.3, -0.25) is 0 Å². The molecule has 0 aliphatic carbocycles. The number of aryl methyl sites for hydroxylation is 1. The van der Waals surface area contributed by atoms with E-state index in [1.165, 1.54) is 22.7 Å². The Balaban J connectivity index is 2.42. The van der Waals surface area contributed by atoms with E-state index in [0.717, 1.165) is 15.3 Å². The number of nitrogens with zero attached hydrogens (tertiary/aromatic N) is 3. The van der Waals surface area contributed by atoms with Gasteiger partial charge in [0.2, 0.25) is 0 Å². The lowest BCUT2D eigenvalue weighted by atomic mass is 10.1. The highest BCUT2D eigenvalue weighted by Gasteiger charge is 2.17. The number of benzene rings is 1. The van der Waals surface area contributed by atoms with E-state index in [9.17, 15) is 8.78 Å². The summed E-state index contributed by atoms with van der Waals surface area (Å²) in [7, 11) is 0. The molecule has 0 bridgehead atoms. The second-order valence-electron chi connectivity index (χ2n) is 4.20. The van der Waals surface area contributed by atoms with E-state index in [1.807, 2.05) is 6.92 Å². The standard InChI is InChI=1S/C13H7ClF2IN3/c1-6-12(17)13-18-10(14)5-9(20(13)19-6)7-3-2-4-8(15)11(7)16/h2-5H,1H3. The van der Waals surface area contributed by atoms with Gasteiger partial charge < -0.3 is 0 Å². The van der Waals surface area contributed by atoms with Gasteiger partial charge in [0.15, 0.2) is 17.3 Å². The summed E-state index contributed by atoms with van der Waals surface area (Å²) < 4.78 is 29.7. The van der Waals surface area contributed by atoms with Gasteiger partial charge in [-0.05, 0) is 41.6 Å². The summed E-state index contributed by atoms with van der Waals surface area (Å²) >= 11 is 8.07. The third kappa shape index (κ3) is 2.07. The zero-order valence-corrected chi connectivity index (χ0v) is 13.1. The van der Waals surface area contributed by atoms with Crippen molar-refractivity contribution in [3.8, 4) is 11.3 Å². The van der Waals surface area contributed by atoms with Crippen LogP contribution in [-0.2, 0) is 0 Å². The van der Waals surface area contributed by atoms with Gasteiger partial charge in [-0.25, -0.2) is 18.3 Å². The second-order valence-corrected chi connectivity index (χ2v) is 5.67. The molecule has 0 unspecified atom stereocenters. The molecule has 0 aliphatic heterocycles. The zero-order chi connectivity index (χ0) is 14.4. The fourth-order valence-corrected chi connectivity index (χ4v) is 2.60. The molecule has 0 saturated heterocycles. The van der Waals surface area contributed by atoms with E-state index in [4.69, 9.17) is 11.6 Å². The van der Waals surface area contributed by atoms with Crippen molar-refractivity contribution in [1.82, 2.24) is 14.6 Å². The van der Waals surface area contributed by atoms with Gasteiger partial charge in [0.05, 0.1) is 15.0 Å². The summed E-state index contributed by atoms with van der Waals surface area (Å²) in [4.78, 5) is 4.18. The normalized spacial score (nSPS) is 11.2. The number of rotatable bonds is 1. The Morgan fingerprint density at radius 1 is 1.30 bits per heavy atom. The van der Waals surface area contributed by atoms with Crippen molar-refractivity contribution in [2.24, 2.45) is 0 Å². The van der Waals surface area contributed by atoms with Gasteiger partial charge in [-0.2, -0.15) is 5.10 Å². The molecule has 2 aromatic heterocycles. The molecule has 7 heteroatoms. The molecule has 0 spiro atoms. The fourth-order valence-electron chi connectivity index (χ4n) is 1.96. The quantitative estimate of drug-likeness (QED) is 0.448. The predicted molar refractivity (Wildman–Crippen MR) is 80.8 cm³/mol. The highest BCUT2D eigenvalue weighted by atomic mass is 127. The molecule has 2 heterocycles. The minimum absolute atomic E-state index is 0.0956. The van der Waals surface area contributed by atoms with Crippen molar-refractivity contribution in [3.63, 3.8) is 0 Å². The molecule has 3 rings (SSSR count). The van der Waals surface area contributed by atoms with Crippen molar-refractivity contribution in [1.29, 1.82) is 0 Å². The van der Waals surface area contributed by atoms with Gasteiger partial charge in [-0.15, -0.1) is 0 Å². The van der Waals surface area contributed by atoms with Crippen LogP contribution in [-0.4, -0.2) is 14.6 Å². The topological polar surface area (TPSA) is 30.2 Å². The first-order chi connectivity index (χ1) is 9.49. The average Bonchev–Trinajstić information content (AvgIpc) is 2.69. The van der Waals surface area contributed by atoms with E-state index in [0.29, 0.717) is 11.3 Å². The summed E-state index contributed by atoms with van der Waals surface area (Å²) in [6.07, 6.45) is 0. The largest absolute Gasteiger partial charge is 0.216 e. The third-order valence-corrected chi connectivity index (χ3v) is 4.35. The minimum Gasteiger partial charge on any atom is -0.216 e. The number of aromatic nitrogens is 3. The lowest BCUT2D eigenvalue weighted by Crippen LogP contribution is -2.00. The number of hydrogen-bond acceptors (Lipinski definition) is 2. The molecule has 0 aliphatic rings. The van der Waals surface area contributed by atoms with Crippen LogP contribution in [0.4, 0.5) is 8.78 Å². The molecule has 3 nitrogen and oxygen atoms in total. The summed E-state index contributed by atoms with van der Waals surface area (Å²) in [5.74, 6) is -1.85. The molecule has 0 N–H and O–H groups in total. The maximum Gasteiger partial charge on any atom is 0.170 e. The van der Waals surface area contributed by atoms with Crippen molar-refractivity contribution in [2.75, 3.05) is 0 Å². The molecular weight excluding hydrogens is 399 g/mol. The van der Waals surface area contributed by atoms with Crippen LogP contribution in [0.5, 0.6) is 0 Å². The molecule has 0 saturated carbocycles. The van der Waals surface area contributed by atoms with Gasteiger partial charge in [0.25, 0.3) is 0 Å². The van der Waals surface area contributed by atoms with Crippen molar-refractivity contribution in [3.05, 3.63) is 50.3 Å². The van der Waals surface area contributed by atoms with Crippen molar-refractivity contribution >= 4 is 39.8 Å². The van der Waals surface area contributed by atoms with Gasteiger partial charge in [0, 0.05) is 11.6 Å². The SMILES string of the molecule is Cc1nn2c(-c3cccc(F)c3F)cc(Cl)nc2c1I. The van der Waals surface area contributed by atoms with Crippen LogP contribution in [0.1, 0.15) is 5.69 Å². The van der Waals surface area contributed by atoms with Crippen LogP contribution in [0.2, 0.25) is 5.15 Å². The molecule has 0 radical (unpaired) electrons. The molecular formula is C13H7ClF2IN3. The molecule has 1 aromatic carbocycles.